The molecule has 0 atom stereocenters. The largest absolute Gasteiger partial charge is 0.113 e. The molecule has 0 saturated heterocycles. The minimum atomic E-state index is -1.47. The van der Waals surface area contributed by atoms with Gasteiger partial charge in [0.1, 0.15) is 8.07 Å². The molecule has 0 amide bonds. The molecule has 0 radical (unpaired) electrons. The van der Waals surface area contributed by atoms with Crippen molar-refractivity contribution in [1.82, 2.24) is 0 Å². The predicted octanol–water partition coefficient (Wildman–Crippen LogP) is 3.41. The predicted molar refractivity (Wildman–Crippen MR) is 82.8 cm³/mol. The van der Waals surface area contributed by atoms with Crippen molar-refractivity contribution >= 4 is 18.4 Å². The fraction of sp³-hybridized carbons (Fsp3) is 0.294. The van der Waals surface area contributed by atoms with Gasteiger partial charge >= 0.3 is 0 Å². The van der Waals surface area contributed by atoms with Gasteiger partial charge in [-0.3, -0.25) is 0 Å². The van der Waals surface area contributed by atoms with Crippen molar-refractivity contribution in [2.45, 2.75) is 33.9 Å². The second-order valence-corrected chi connectivity index (χ2v) is 10.5. The lowest BCUT2D eigenvalue weighted by atomic mass is 10.00. The molecule has 1 heteroatoms. The van der Waals surface area contributed by atoms with Crippen LogP contribution in [0, 0.1) is 20.8 Å². The average Bonchev–Trinajstić information content (AvgIpc) is 2.50. The number of fused-ring (bicyclic) bond motifs is 3. The molecule has 0 aromatic heterocycles. The van der Waals surface area contributed by atoms with Gasteiger partial charge in [0.2, 0.25) is 0 Å². The Balaban J connectivity index is 2.39. The van der Waals surface area contributed by atoms with E-state index in [9.17, 15) is 0 Å². The van der Waals surface area contributed by atoms with Gasteiger partial charge in [0, 0.05) is 0 Å². The van der Waals surface area contributed by atoms with Crippen molar-refractivity contribution in [1.29, 1.82) is 0 Å². The minimum absolute atomic E-state index is 1.38. The highest BCUT2D eigenvalue weighted by Gasteiger charge is 2.37. The molecule has 0 fully saturated rings. The van der Waals surface area contributed by atoms with Crippen LogP contribution in [0.4, 0.5) is 0 Å². The van der Waals surface area contributed by atoms with Crippen LogP contribution in [0.2, 0.25) is 13.1 Å². The van der Waals surface area contributed by atoms with E-state index in [0.717, 1.165) is 0 Å². The van der Waals surface area contributed by atoms with E-state index in [4.69, 9.17) is 0 Å². The summed E-state index contributed by atoms with van der Waals surface area (Å²) in [4.78, 5) is 0. The Hall–Kier alpha value is -1.34. The number of hydrogen-bond donors (Lipinski definition) is 0. The van der Waals surface area contributed by atoms with Gasteiger partial charge in [0.25, 0.3) is 0 Å². The summed E-state index contributed by atoms with van der Waals surface area (Å²) in [5.41, 5.74) is 7.20. The highest BCUT2D eigenvalue weighted by molar-refractivity contribution is 7.03. The van der Waals surface area contributed by atoms with E-state index in [0.29, 0.717) is 0 Å². The summed E-state index contributed by atoms with van der Waals surface area (Å²) in [6, 6.07) is 11.8. The Kier molecular flexibility index (Phi) is 2.33. The topological polar surface area (TPSA) is 0 Å². The third-order valence-electron chi connectivity index (χ3n) is 4.45. The molecular weight excluding hydrogens is 232 g/mol. The van der Waals surface area contributed by atoms with Crippen molar-refractivity contribution in [2.24, 2.45) is 0 Å². The Bertz CT molecular complexity index is 651. The SMILES string of the molecule is Cc1ccc2c(c1)[Si](C)(C)c1cc(C)c(C)cc1-2. The molecule has 18 heavy (non-hydrogen) atoms. The summed E-state index contributed by atoms with van der Waals surface area (Å²) in [5, 5.41) is 3.23. The Morgan fingerprint density at radius 1 is 0.722 bits per heavy atom. The van der Waals surface area contributed by atoms with E-state index in [1.54, 1.807) is 10.4 Å². The van der Waals surface area contributed by atoms with E-state index in [1.807, 2.05) is 0 Å². The van der Waals surface area contributed by atoms with Crippen LogP contribution in [-0.4, -0.2) is 8.07 Å². The van der Waals surface area contributed by atoms with Crippen molar-refractivity contribution in [3.05, 3.63) is 47.0 Å². The van der Waals surface area contributed by atoms with E-state index in [-0.39, 0.29) is 0 Å². The van der Waals surface area contributed by atoms with E-state index in [2.05, 4.69) is 64.2 Å². The van der Waals surface area contributed by atoms with E-state index >= 15 is 0 Å². The lowest BCUT2D eigenvalue weighted by molar-refractivity contribution is 1.35. The van der Waals surface area contributed by atoms with Crippen molar-refractivity contribution in [2.75, 3.05) is 0 Å². The van der Waals surface area contributed by atoms with Gasteiger partial charge in [0.05, 0.1) is 0 Å². The molecule has 0 spiro atoms. The second kappa shape index (κ2) is 3.58. The Morgan fingerprint density at radius 2 is 1.33 bits per heavy atom. The summed E-state index contributed by atoms with van der Waals surface area (Å²) in [5.74, 6) is 0. The maximum atomic E-state index is 2.48. The normalized spacial score (nSPS) is 15.4. The van der Waals surface area contributed by atoms with Gasteiger partial charge < -0.3 is 0 Å². The first-order chi connectivity index (χ1) is 8.41. The van der Waals surface area contributed by atoms with Crippen LogP contribution < -0.4 is 10.4 Å². The lowest BCUT2D eigenvalue weighted by Crippen LogP contribution is -2.49. The first kappa shape index (κ1) is 11.7. The summed E-state index contributed by atoms with van der Waals surface area (Å²) in [6.45, 7) is 11.6. The molecule has 2 aromatic rings. The summed E-state index contributed by atoms with van der Waals surface area (Å²) in [6.07, 6.45) is 0. The summed E-state index contributed by atoms with van der Waals surface area (Å²) >= 11 is 0. The molecule has 0 aliphatic carbocycles. The van der Waals surface area contributed by atoms with Crippen LogP contribution in [0.25, 0.3) is 11.1 Å². The third kappa shape index (κ3) is 1.43. The van der Waals surface area contributed by atoms with Gasteiger partial charge in [-0.05, 0) is 53.4 Å². The molecule has 92 valence electrons. The molecule has 0 saturated carbocycles. The first-order valence-electron chi connectivity index (χ1n) is 6.64. The molecule has 0 unspecified atom stereocenters. The van der Waals surface area contributed by atoms with Crippen molar-refractivity contribution < 1.29 is 0 Å². The number of rotatable bonds is 0. The summed E-state index contributed by atoms with van der Waals surface area (Å²) in [7, 11) is -1.47. The first-order valence-corrected chi connectivity index (χ1v) is 9.64. The summed E-state index contributed by atoms with van der Waals surface area (Å²) < 4.78 is 0. The van der Waals surface area contributed by atoms with E-state index in [1.165, 1.54) is 27.8 Å². The van der Waals surface area contributed by atoms with Crippen LogP contribution in [0.15, 0.2) is 30.3 Å². The van der Waals surface area contributed by atoms with Crippen LogP contribution in [0.3, 0.4) is 0 Å². The second-order valence-electron chi connectivity index (χ2n) is 6.16. The Morgan fingerprint density at radius 3 is 2.06 bits per heavy atom. The molecule has 3 rings (SSSR count). The van der Waals surface area contributed by atoms with Crippen LogP contribution in [0.5, 0.6) is 0 Å². The standard InChI is InChI=1S/C17H20Si/c1-11-6-7-14-15-9-12(2)13(3)10-17(15)18(4,5)16(14)8-11/h6-10H,1-5H3. The monoisotopic (exact) mass is 252 g/mol. The fourth-order valence-corrected chi connectivity index (χ4v) is 6.34. The molecular formula is C17H20Si. The fourth-order valence-electron chi connectivity index (χ4n) is 3.11. The minimum Gasteiger partial charge on any atom is -0.0616 e. The van der Waals surface area contributed by atoms with Gasteiger partial charge in [0.15, 0.2) is 0 Å². The maximum Gasteiger partial charge on any atom is 0.113 e. The highest BCUT2D eigenvalue weighted by Crippen LogP contribution is 2.30. The highest BCUT2D eigenvalue weighted by atomic mass is 28.3. The van der Waals surface area contributed by atoms with Gasteiger partial charge in [-0.15, -0.1) is 0 Å². The number of hydrogen-bond acceptors (Lipinski definition) is 0. The zero-order valence-electron chi connectivity index (χ0n) is 11.9. The molecule has 1 heterocycles. The number of aryl methyl sites for hydroxylation is 3. The van der Waals surface area contributed by atoms with E-state index < -0.39 is 8.07 Å². The van der Waals surface area contributed by atoms with Crippen LogP contribution >= 0.6 is 0 Å². The zero-order valence-corrected chi connectivity index (χ0v) is 12.9. The molecule has 0 N–H and O–H groups in total. The average molecular weight is 252 g/mol. The zero-order chi connectivity index (χ0) is 13.1. The van der Waals surface area contributed by atoms with Crippen molar-refractivity contribution in [3.63, 3.8) is 0 Å². The molecule has 0 bridgehead atoms. The molecule has 1 aliphatic heterocycles. The van der Waals surface area contributed by atoms with Crippen molar-refractivity contribution in [3.8, 4) is 11.1 Å². The third-order valence-corrected chi connectivity index (χ3v) is 7.97. The molecule has 0 nitrogen and oxygen atoms in total. The smallest absolute Gasteiger partial charge is 0.0616 e. The van der Waals surface area contributed by atoms with Crippen LogP contribution in [0.1, 0.15) is 16.7 Å². The van der Waals surface area contributed by atoms with Crippen LogP contribution in [-0.2, 0) is 0 Å². The number of benzene rings is 2. The molecule has 1 aliphatic rings. The maximum absolute atomic E-state index is 2.48. The molecule has 2 aromatic carbocycles. The quantitative estimate of drug-likeness (QED) is 0.630. The van der Waals surface area contributed by atoms with Gasteiger partial charge in [-0.2, -0.15) is 0 Å². The Labute approximate surface area is 111 Å². The lowest BCUT2D eigenvalue weighted by Gasteiger charge is -2.19. The van der Waals surface area contributed by atoms with Gasteiger partial charge in [-0.25, -0.2) is 0 Å². The van der Waals surface area contributed by atoms with Gasteiger partial charge in [-0.1, -0.05) is 49.0 Å².